The molecule has 0 spiro atoms. The second-order valence-corrected chi connectivity index (χ2v) is 7.04. The molecule has 150 valence electrons. The summed E-state index contributed by atoms with van der Waals surface area (Å²) < 4.78 is 5.73. The molecule has 0 atom stereocenters. The monoisotopic (exact) mass is 421 g/mol. The first-order chi connectivity index (χ1) is 14.5. The van der Waals surface area contributed by atoms with Crippen molar-refractivity contribution in [3.05, 3.63) is 99.2 Å². The normalized spacial score (nSPS) is 10.7. The van der Waals surface area contributed by atoms with Gasteiger partial charge in [0, 0.05) is 33.7 Å². The Balaban J connectivity index is 1.40. The van der Waals surface area contributed by atoms with Gasteiger partial charge in [0.1, 0.15) is 18.1 Å². The summed E-state index contributed by atoms with van der Waals surface area (Å²) >= 11 is 5.87. The Bertz CT molecular complexity index is 1220. The van der Waals surface area contributed by atoms with E-state index in [-0.39, 0.29) is 11.6 Å². The first-order valence-corrected chi connectivity index (χ1v) is 9.41. The van der Waals surface area contributed by atoms with Crippen LogP contribution in [-0.2, 0) is 6.61 Å². The number of carbonyl (C=O) groups is 1. The van der Waals surface area contributed by atoms with Crippen molar-refractivity contribution in [3.8, 4) is 5.75 Å². The van der Waals surface area contributed by atoms with Gasteiger partial charge >= 0.3 is 0 Å². The summed E-state index contributed by atoms with van der Waals surface area (Å²) in [4.78, 5) is 25.9. The predicted molar refractivity (Wildman–Crippen MR) is 115 cm³/mol. The van der Waals surface area contributed by atoms with E-state index in [1.165, 1.54) is 12.1 Å². The van der Waals surface area contributed by atoms with Crippen molar-refractivity contribution in [1.82, 2.24) is 4.98 Å². The molecule has 0 saturated carbocycles. The van der Waals surface area contributed by atoms with E-state index in [0.29, 0.717) is 39.7 Å². The number of hydrogen-bond acceptors (Lipinski definition) is 4. The first-order valence-electron chi connectivity index (χ1n) is 9.04. The number of carbonyl (C=O) groups excluding carboxylic acids is 1. The summed E-state index contributed by atoms with van der Waals surface area (Å²) in [7, 11) is 0. The zero-order valence-corrected chi connectivity index (χ0v) is 16.3. The average molecular weight is 422 g/mol. The molecule has 0 saturated heterocycles. The van der Waals surface area contributed by atoms with Crippen LogP contribution >= 0.6 is 11.6 Å². The van der Waals surface area contributed by atoms with Crippen LogP contribution in [0.2, 0.25) is 5.02 Å². The summed E-state index contributed by atoms with van der Waals surface area (Å²) in [6.45, 7) is 0.407. The molecule has 4 aromatic rings. The molecule has 2 N–H and O–H groups in total. The van der Waals surface area contributed by atoms with Crippen LogP contribution in [0.4, 0.5) is 11.4 Å². The van der Waals surface area contributed by atoms with Gasteiger partial charge in [-0.05, 0) is 54.1 Å². The molecule has 0 unspecified atom stereocenters. The fraction of sp³-hybridized carbons (Fsp3) is 0.0455. The molecule has 0 radical (unpaired) electrons. The molecule has 0 aliphatic heterocycles. The van der Waals surface area contributed by atoms with Gasteiger partial charge in [0.05, 0.1) is 4.92 Å². The van der Waals surface area contributed by atoms with Gasteiger partial charge in [-0.1, -0.05) is 23.7 Å². The van der Waals surface area contributed by atoms with Crippen LogP contribution in [0, 0.1) is 10.1 Å². The van der Waals surface area contributed by atoms with Crippen LogP contribution in [0.3, 0.4) is 0 Å². The van der Waals surface area contributed by atoms with E-state index in [0.717, 1.165) is 5.56 Å². The van der Waals surface area contributed by atoms with Gasteiger partial charge in [-0.2, -0.15) is 0 Å². The van der Waals surface area contributed by atoms with Crippen LogP contribution in [0.1, 0.15) is 16.1 Å². The number of ether oxygens (including phenoxy) is 1. The van der Waals surface area contributed by atoms with E-state index < -0.39 is 4.92 Å². The number of aromatic amines is 1. The molecule has 0 aliphatic rings. The van der Waals surface area contributed by atoms with Gasteiger partial charge in [-0.3, -0.25) is 14.9 Å². The van der Waals surface area contributed by atoms with Crippen molar-refractivity contribution < 1.29 is 14.5 Å². The Morgan fingerprint density at radius 2 is 1.77 bits per heavy atom. The number of nitrogens with one attached hydrogen (secondary N) is 2. The molecule has 30 heavy (non-hydrogen) atoms. The van der Waals surface area contributed by atoms with Gasteiger partial charge in [0.15, 0.2) is 0 Å². The number of halogens is 1. The second kappa shape index (κ2) is 8.26. The number of nitrogens with zero attached hydrogens (tertiary/aromatic N) is 1. The van der Waals surface area contributed by atoms with E-state index in [2.05, 4.69) is 10.3 Å². The molecule has 1 heterocycles. The Morgan fingerprint density at radius 1 is 1.03 bits per heavy atom. The molecule has 0 bridgehead atoms. The van der Waals surface area contributed by atoms with Gasteiger partial charge in [-0.25, -0.2) is 0 Å². The van der Waals surface area contributed by atoms with Gasteiger partial charge in [-0.15, -0.1) is 0 Å². The highest BCUT2D eigenvalue weighted by atomic mass is 35.5. The minimum absolute atomic E-state index is 0.0253. The lowest BCUT2D eigenvalue weighted by Gasteiger charge is -2.08. The number of hydrogen-bond donors (Lipinski definition) is 2. The predicted octanol–water partition coefficient (Wildman–Crippen LogP) is 5.56. The molecule has 8 heteroatoms. The fourth-order valence-electron chi connectivity index (χ4n) is 2.94. The van der Waals surface area contributed by atoms with Crippen molar-refractivity contribution in [2.75, 3.05) is 5.32 Å². The number of benzene rings is 3. The van der Waals surface area contributed by atoms with E-state index in [9.17, 15) is 14.9 Å². The quantitative estimate of drug-likeness (QED) is 0.314. The number of nitro groups is 1. The molecular formula is C22H16ClN3O4. The lowest BCUT2D eigenvalue weighted by atomic mass is 10.2. The standard InChI is InChI=1S/C22H16ClN3O4/c23-16-3-1-14(2-4-16)13-30-19-8-5-17(6-9-19)24-22(27)21-12-15-11-18(26(28)29)7-10-20(15)25-21/h1-12,25H,13H2,(H,24,27). The highest BCUT2D eigenvalue weighted by molar-refractivity contribution is 6.30. The van der Waals surface area contributed by atoms with Crippen LogP contribution in [0.25, 0.3) is 10.9 Å². The Labute approximate surface area is 176 Å². The average Bonchev–Trinajstić information content (AvgIpc) is 3.18. The SMILES string of the molecule is O=C(Nc1ccc(OCc2ccc(Cl)cc2)cc1)c1cc2cc([N+](=O)[O-])ccc2[nH]1. The lowest BCUT2D eigenvalue weighted by Crippen LogP contribution is -2.12. The molecule has 7 nitrogen and oxygen atoms in total. The maximum absolute atomic E-state index is 12.5. The summed E-state index contributed by atoms with van der Waals surface area (Å²) in [6.07, 6.45) is 0. The number of aromatic nitrogens is 1. The second-order valence-electron chi connectivity index (χ2n) is 6.61. The number of non-ortho nitro benzene ring substituents is 1. The molecular weight excluding hydrogens is 406 g/mol. The van der Waals surface area contributed by atoms with E-state index in [1.807, 2.05) is 12.1 Å². The van der Waals surface area contributed by atoms with Crippen molar-refractivity contribution in [2.24, 2.45) is 0 Å². The Kier molecular flexibility index (Phi) is 5.36. The van der Waals surface area contributed by atoms with Crippen molar-refractivity contribution in [1.29, 1.82) is 0 Å². The van der Waals surface area contributed by atoms with Crippen LogP contribution < -0.4 is 10.1 Å². The molecule has 1 aromatic heterocycles. The van der Waals surface area contributed by atoms with E-state index in [4.69, 9.17) is 16.3 Å². The third kappa shape index (κ3) is 4.42. The van der Waals surface area contributed by atoms with Crippen LogP contribution in [0.15, 0.2) is 72.8 Å². The van der Waals surface area contributed by atoms with E-state index >= 15 is 0 Å². The van der Waals surface area contributed by atoms with Crippen molar-refractivity contribution in [3.63, 3.8) is 0 Å². The highest BCUT2D eigenvalue weighted by Gasteiger charge is 2.13. The minimum Gasteiger partial charge on any atom is -0.489 e. The largest absolute Gasteiger partial charge is 0.489 e. The zero-order valence-electron chi connectivity index (χ0n) is 15.6. The summed E-state index contributed by atoms with van der Waals surface area (Å²) in [6, 6.07) is 20.4. The number of fused-ring (bicyclic) bond motifs is 1. The third-order valence-corrected chi connectivity index (χ3v) is 4.74. The maximum Gasteiger partial charge on any atom is 0.272 e. The molecule has 3 aromatic carbocycles. The summed E-state index contributed by atoms with van der Waals surface area (Å²) in [5.41, 5.74) is 2.53. The maximum atomic E-state index is 12.5. The van der Waals surface area contributed by atoms with Gasteiger partial charge in [0.2, 0.25) is 0 Å². The highest BCUT2D eigenvalue weighted by Crippen LogP contribution is 2.23. The Hall–Kier alpha value is -3.84. The van der Waals surface area contributed by atoms with Crippen molar-refractivity contribution >= 4 is 39.8 Å². The number of nitro benzene ring substituents is 1. The van der Waals surface area contributed by atoms with E-state index in [1.54, 1.807) is 48.5 Å². The summed E-state index contributed by atoms with van der Waals surface area (Å²) in [5.74, 6) is 0.324. The van der Waals surface area contributed by atoms with Crippen molar-refractivity contribution in [2.45, 2.75) is 6.61 Å². The van der Waals surface area contributed by atoms with Crippen LogP contribution in [-0.4, -0.2) is 15.8 Å². The van der Waals surface area contributed by atoms with Gasteiger partial charge in [0.25, 0.3) is 11.6 Å². The third-order valence-electron chi connectivity index (χ3n) is 4.49. The molecule has 4 rings (SSSR count). The fourth-order valence-corrected chi connectivity index (χ4v) is 3.06. The minimum atomic E-state index is -0.469. The molecule has 0 fully saturated rings. The van der Waals surface area contributed by atoms with Crippen LogP contribution in [0.5, 0.6) is 5.75 Å². The Morgan fingerprint density at radius 3 is 2.47 bits per heavy atom. The number of anilines is 1. The molecule has 0 aliphatic carbocycles. The summed E-state index contributed by atoms with van der Waals surface area (Å²) in [5, 5.41) is 15.0. The number of H-pyrrole nitrogens is 1. The lowest BCUT2D eigenvalue weighted by molar-refractivity contribution is -0.384. The smallest absolute Gasteiger partial charge is 0.272 e. The zero-order chi connectivity index (χ0) is 21.1. The van der Waals surface area contributed by atoms with Gasteiger partial charge < -0.3 is 15.0 Å². The number of amides is 1. The topological polar surface area (TPSA) is 97.3 Å². The first kappa shape index (κ1) is 19.5. The number of rotatable bonds is 6. The molecule has 1 amide bonds.